The molecule has 6 heteroatoms. The monoisotopic (exact) mass is 340 g/mol. The number of hydrogen-bond acceptors (Lipinski definition) is 3. The van der Waals surface area contributed by atoms with Crippen LogP contribution in [0.4, 0.5) is 0 Å². The number of carboxylic acids is 1. The summed E-state index contributed by atoms with van der Waals surface area (Å²) in [6.07, 6.45) is 5.10. The minimum atomic E-state index is -0.759. The molecule has 1 aromatic heterocycles. The largest absolute Gasteiger partial charge is 0.481 e. The van der Waals surface area contributed by atoms with E-state index in [2.05, 4.69) is 26.2 Å². The molecular weight excluding hydrogens is 324 g/mol. The standard InChI is InChI=1S/C14H17BrN2O3/c15-10-5-6-12(16-8-10)13(18)17-7-9-3-1-2-4-11(9)14(19)20/h5-6,8-9,11H,1-4,7H2,(H,17,18)(H,19,20). The molecule has 0 saturated heterocycles. The predicted octanol–water partition coefficient (Wildman–Crippen LogP) is 2.46. The van der Waals surface area contributed by atoms with E-state index >= 15 is 0 Å². The van der Waals surface area contributed by atoms with Crippen molar-refractivity contribution in [3.8, 4) is 0 Å². The second-order valence-corrected chi connectivity index (χ2v) is 5.98. The van der Waals surface area contributed by atoms with Gasteiger partial charge in [0.25, 0.3) is 5.91 Å². The lowest BCUT2D eigenvalue weighted by Gasteiger charge is -2.28. The van der Waals surface area contributed by atoms with Crippen molar-refractivity contribution in [2.45, 2.75) is 25.7 Å². The van der Waals surface area contributed by atoms with E-state index in [9.17, 15) is 14.7 Å². The second-order valence-electron chi connectivity index (χ2n) is 5.06. The van der Waals surface area contributed by atoms with Crippen LogP contribution in [-0.4, -0.2) is 28.5 Å². The fraction of sp³-hybridized carbons (Fsp3) is 0.500. The molecule has 0 aliphatic heterocycles. The van der Waals surface area contributed by atoms with Gasteiger partial charge >= 0.3 is 5.97 Å². The first kappa shape index (κ1) is 15.0. The van der Waals surface area contributed by atoms with Crippen LogP contribution in [0.1, 0.15) is 36.2 Å². The Bertz CT molecular complexity index is 490. The maximum absolute atomic E-state index is 11.9. The molecule has 108 valence electrons. The fourth-order valence-electron chi connectivity index (χ4n) is 2.60. The molecular formula is C14H17BrN2O3. The van der Waals surface area contributed by atoms with Crippen LogP contribution in [0.25, 0.3) is 0 Å². The maximum Gasteiger partial charge on any atom is 0.306 e. The smallest absolute Gasteiger partial charge is 0.306 e. The van der Waals surface area contributed by atoms with Crippen molar-refractivity contribution in [3.05, 3.63) is 28.5 Å². The van der Waals surface area contributed by atoms with Crippen molar-refractivity contribution in [1.29, 1.82) is 0 Å². The normalized spacial score (nSPS) is 22.2. The Morgan fingerprint density at radius 1 is 1.35 bits per heavy atom. The maximum atomic E-state index is 11.9. The van der Waals surface area contributed by atoms with Crippen LogP contribution in [-0.2, 0) is 4.79 Å². The van der Waals surface area contributed by atoms with Gasteiger partial charge in [0.05, 0.1) is 5.92 Å². The van der Waals surface area contributed by atoms with E-state index < -0.39 is 5.97 Å². The highest BCUT2D eigenvalue weighted by molar-refractivity contribution is 9.10. The van der Waals surface area contributed by atoms with Gasteiger partial charge in [0, 0.05) is 17.2 Å². The summed E-state index contributed by atoms with van der Waals surface area (Å²) in [6.45, 7) is 0.396. The summed E-state index contributed by atoms with van der Waals surface area (Å²) in [5.41, 5.74) is 0.343. The molecule has 0 bridgehead atoms. The molecule has 5 nitrogen and oxygen atoms in total. The van der Waals surface area contributed by atoms with Gasteiger partial charge in [-0.25, -0.2) is 4.98 Å². The number of aromatic nitrogens is 1. The van der Waals surface area contributed by atoms with Gasteiger partial charge in [0.2, 0.25) is 0 Å². The molecule has 1 heterocycles. The van der Waals surface area contributed by atoms with Crippen LogP contribution in [0.2, 0.25) is 0 Å². The van der Waals surface area contributed by atoms with Gasteiger partial charge in [-0.15, -0.1) is 0 Å². The molecule has 1 amide bonds. The van der Waals surface area contributed by atoms with Gasteiger partial charge in [0.1, 0.15) is 5.69 Å². The number of hydrogen-bond donors (Lipinski definition) is 2. The molecule has 0 radical (unpaired) electrons. The van der Waals surface area contributed by atoms with Crippen LogP contribution < -0.4 is 5.32 Å². The molecule has 0 spiro atoms. The summed E-state index contributed by atoms with van der Waals surface area (Å²) >= 11 is 3.26. The predicted molar refractivity (Wildman–Crippen MR) is 77.4 cm³/mol. The number of nitrogens with one attached hydrogen (secondary N) is 1. The Morgan fingerprint density at radius 2 is 2.10 bits per heavy atom. The number of nitrogens with zero attached hydrogens (tertiary/aromatic N) is 1. The Balaban J connectivity index is 1.91. The average molecular weight is 341 g/mol. The van der Waals surface area contributed by atoms with Gasteiger partial charge in [0.15, 0.2) is 0 Å². The number of aliphatic carboxylic acids is 1. The van der Waals surface area contributed by atoms with Gasteiger partial charge < -0.3 is 10.4 Å². The van der Waals surface area contributed by atoms with Crippen molar-refractivity contribution in [1.82, 2.24) is 10.3 Å². The number of carbonyl (C=O) groups is 2. The number of pyridine rings is 1. The number of halogens is 1. The summed E-state index contributed by atoms with van der Waals surface area (Å²) < 4.78 is 0.812. The zero-order valence-corrected chi connectivity index (χ0v) is 12.6. The molecule has 1 aliphatic rings. The summed E-state index contributed by atoms with van der Waals surface area (Å²) in [7, 11) is 0. The van der Waals surface area contributed by atoms with E-state index in [1.165, 1.54) is 0 Å². The molecule has 1 saturated carbocycles. The number of carbonyl (C=O) groups excluding carboxylic acids is 1. The van der Waals surface area contributed by atoms with Gasteiger partial charge in [-0.1, -0.05) is 12.8 Å². The van der Waals surface area contributed by atoms with E-state index in [4.69, 9.17) is 0 Å². The lowest BCUT2D eigenvalue weighted by atomic mass is 9.79. The number of carboxylic acid groups (broad SMARTS) is 1. The summed E-state index contributed by atoms with van der Waals surface area (Å²) in [6, 6.07) is 3.39. The SMILES string of the molecule is O=C(NCC1CCCCC1C(=O)O)c1ccc(Br)cn1. The highest BCUT2D eigenvalue weighted by Crippen LogP contribution is 2.29. The Morgan fingerprint density at radius 3 is 2.75 bits per heavy atom. The fourth-order valence-corrected chi connectivity index (χ4v) is 2.84. The molecule has 2 N–H and O–H groups in total. The highest BCUT2D eigenvalue weighted by atomic mass is 79.9. The third-order valence-corrected chi connectivity index (χ3v) is 4.18. The van der Waals surface area contributed by atoms with Crippen molar-refractivity contribution in [2.24, 2.45) is 11.8 Å². The average Bonchev–Trinajstić information content (AvgIpc) is 2.45. The second kappa shape index (κ2) is 6.83. The third kappa shape index (κ3) is 3.79. The van der Waals surface area contributed by atoms with Crippen molar-refractivity contribution >= 4 is 27.8 Å². The first-order valence-corrected chi connectivity index (χ1v) is 7.50. The van der Waals surface area contributed by atoms with E-state index in [1.807, 2.05) is 0 Å². The summed E-state index contributed by atoms with van der Waals surface area (Å²) in [5, 5.41) is 12.0. The van der Waals surface area contributed by atoms with Crippen LogP contribution in [0.15, 0.2) is 22.8 Å². The molecule has 2 unspecified atom stereocenters. The van der Waals surface area contributed by atoms with Crippen LogP contribution in [0.5, 0.6) is 0 Å². The Kier molecular flexibility index (Phi) is 5.11. The molecule has 2 rings (SSSR count). The zero-order chi connectivity index (χ0) is 14.5. The first-order chi connectivity index (χ1) is 9.58. The van der Waals surface area contributed by atoms with Crippen molar-refractivity contribution in [2.75, 3.05) is 6.54 Å². The van der Waals surface area contributed by atoms with Gasteiger partial charge in [-0.05, 0) is 46.8 Å². The van der Waals surface area contributed by atoms with Gasteiger partial charge in [-0.2, -0.15) is 0 Å². The van der Waals surface area contributed by atoms with Crippen LogP contribution in [0, 0.1) is 11.8 Å². The highest BCUT2D eigenvalue weighted by Gasteiger charge is 2.30. The first-order valence-electron chi connectivity index (χ1n) is 6.70. The summed E-state index contributed by atoms with van der Waals surface area (Å²) in [5.74, 6) is -1.35. The quantitative estimate of drug-likeness (QED) is 0.882. The summed E-state index contributed by atoms with van der Waals surface area (Å²) in [4.78, 5) is 27.1. The van der Waals surface area contributed by atoms with E-state index in [-0.39, 0.29) is 17.7 Å². The van der Waals surface area contributed by atoms with E-state index in [0.717, 1.165) is 23.7 Å². The molecule has 2 atom stereocenters. The minimum Gasteiger partial charge on any atom is -0.481 e. The molecule has 1 fully saturated rings. The van der Waals surface area contributed by atoms with E-state index in [0.29, 0.717) is 18.7 Å². The zero-order valence-electron chi connectivity index (χ0n) is 11.0. The lowest BCUT2D eigenvalue weighted by molar-refractivity contribution is -0.144. The molecule has 0 aromatic carbocycles. The molecule has 1 aliphatic carbocycles. The third-order valence-electron chi connectivity index (χ3n) is 3.71. The van der Waals surface area contributed by atoms with E-state index in [1.54, 1.807) is 18.3 Å². The Labute approximate surface area is 125 Å². The minimum absolute atomic E-state index is 0.0145. The van der Waals surface area contributed by atoms with Crippen LogP contribution in [0.3, 0.4) is 0 Å². The lowest BCUT2D eigenvalue weighted by Crippen LogP contribution is -2.37. The van der Waals surface area contributed by atoms with Gasteiger partial charge in [-0.3, -0.25) is 9.59 Å². The van der Waals surface area contributed by atoms with Crippen molar-refractivity contribution in [3.63, 3.8) is 0 Å². The molecule has 1 aromatic rings. The topological polar surface area (TPSA) is 79.3 Å². The Hall–Kier alpha value is -1.43. The van der Waals surface area contributed by atoms with Crippen LogP contribution >= 0.6 is 15.9 Å². The number of rotatable bonds is 4. The molecule has 20 heavy (non-hydrogen) atoms. The van der Waals surface area contributed by atoms with Crippen molar-refractivity contribution < 1.29 is 14.7 Å². The number of amides is 1.